The third-order valence-electron chi connectivity index (χ3n) is 4.74. The summed E-state index contributed by atoms with van der Waals surface area (Å²) in [5, 5.41) is 3.10. The Balaban J connectivity index is 1.39. The number of nitrogens with one attached hydrogen (secondary N) is 1. The molecule has 2 fully saturated rings. The van der Waals surface area contributed by atoms with E-state index in [1.165, 1.54) is 9.75 Å². The third kappa shape index (κ3) is 3.32. The Morgan fingerprint density at radius 2 is 2.08 bits per heavy atom. The van der Waals surface area contributed by atoms with Gasteiger partial charge in [-0.3, -0.25) is 4.79 Å². The number of carbonyl (C=O) groups excluding carboxylic acids is 1. The Labute approximate surface area is 146 Å². The van der Waals surface area contributed by atoms with Crippen LogP contribution in [0.5, 0.6) is 0 Å². The molecule has 0 bridgehead atoms. The number of ether oxygens (including phenoxy) is 1. The lowest BCUT2D eigenvalue weighted by Gasteiger charge is -2.29. The van der Waals surface area contributed by atoms with Gasteiger partial charge >= 0.3 is 0 Å². The molecule has 5 heteroatoms. The molecule has 1 amide bonds. The number of thiophene rings is 1. The third-order valence-corrected chi connectivity index (χ3v) is 5.88. The molecule has 1 N–H and O–H groups in total. The van der Waals surface area contributed by atoms with Crippen LogP contribution in [0.1, 0.15) is 22.1 Å². The van der Waals surface area contributed by atoms with Gasteiger partial charge in [0.25, 0.3) is 0 Å². The Morgan fingerprint density at radius 3 is 2.83 bits per heavy atom. The first kappa shape index (κ1) is 15.7. The van der Waals surface area contributed by atoms with Crippen molar-refractivity contribution in [2.24, 2.45) is 5.92 Å². The maximum absolute atomic E-state index is 12.5. The molecule has 126 valence electrons. The van der Waals surface area contributed by atoms with E-state index in [0.717, 1.165) is 44.1 Å². The number of amides is 1. The normalized spacial score (nSPS) is 23.1. The summed E-state index contributed by atoms with van der Waals surface area (Å²) in [5.74, 6) is 0.673. The second kappa shape index (κ2) is 6.57. The van der Waals surface area contributed by atoms with Gasteiger partial charge in [-0.1, -0.05) is 6.07 Å². The molecular weight excluding hydrogens is 320 g/mol. The molecule has 0 unspecified atom stereocenters. The van der Waals surface area contributed by atoms with Crippen molar-refractivity contribution in [2.45, 2.75) is 19.3 Å². The molecule has 1 saturated heterocycles. The van der Waals surface area contributed by atoms with Crippen molar-refractivity contribution in [3.05, 3.63) is 46.2 Å². The summed E-state index contributed by atoms with van der Waals surface area (Å²) in [5.41, 5.74) is 2.04. The van der Waals surface area contributed by atoms with Crippen LogP contribution in [0, 0.1) is 12.8 Å². The fraction of sp³-hybridized carbons (Fsp3) is 0.421. The number of hydrogen-bond donors (Lipinski definition) is 1. The fourth-order valence-electron chi connectivity index (χ4n) is 3.29. The lowest BCUT2D eigenvalue weighted by atomic mass is 10.2. The number of morpholine rings is 1. The number of anilines is 2. The molecule has 0 radical (unpaired) electrons. The van der Waals surface area contributed by atoms with Gasteiger partial charge in [-0.2, -0.15) is 0 Å². The Bertz CT molecular complexity index is 736. The zero-order chi connectivity index (χ0) is 16.5. The van der Waals surface area contributed by atoms with Crippen LogP contribution in [0.15, 0.2) is 36.4 Å². The largest absolute Gasteiger partial charge is 0.378 e. The van der Waals surface area contributed by atoms with Crippen molar-refractivity contribution >= 4 is 28.6 Å². The summed E-state index contributed by atoms with van der Waals surface area (Å²) in [6, 6.07) is 12.4. The minimum Gasteiger partial charge on any atom is -0.378 e. The van der Waals surface area contributed by atoms with Gasteiger partial charge in [0.05, 0.1) is 13.2 Å². The maximum atomic E-state index is 12.5. The Morgan fingerprint density at radius 1 is 1.25 bits per heavy atom. The second-order valence-electron chi connectivity index (χ2n) is 6.54. The minimum atomic E-state index is 0.120. The van der Waals surface area contributed by atoms with Crippen LogP contribution in [0.4, 0.5) is 11.4 Å². The first-order valence-electron chi connectivity index (χ1n) is 8.51. The van der Waals surface area contributed by atoms with Gasteiger partial charge < -0.3 is 15.0 Å². The zero-order valence-electron chi connectivity index (χ0n) is 13.8. The molecule has 1 aromatic heterocycles. The predicted octanol–water partition coefficient (Wildman–Crippen LogP) is 3.64. The van der Waals surface area contributed by atoms with Crippen molar-refractivity contribution in [3.8, 4) is 0 Å². The van der Waals surface area contributed by atoms with Gasteiger partial charge in [0.1, 0.15) is 0 Å². The highest BCUT2D eigenvalue weighted by Crippen LogP contribution is 2.50. The SMILES string of the molecule is Cc1ccc([C@@H]2C[C@@H]2C(=O)Nc2cccc(N3CCOCC3)c2)s1. The molecule has 0 spiro atoms. The summed E-state index contributed by atoms with van der Waals surface area (Å²) >= 11 is 1.81. The zero-order valence-corrected chi connectivity index (χ0v) is 14.6. The van der Waals surface area contributed by atoms with Crippen molar-refractivity contribution in [1.29, 1.82) is 0 Å². The van der Waals surface area contributed by atoms with E-state index in [0.29, 0.717) is 5.92 Å². The standard InChI is InChI=1S/C19H22N2O2S/c1-13-5-6-18(24-13)16-12-17(16)19(22)20-14-3-2-4-15(11-14)21-7-9-23-10-8-21/h2-6,11,16-17H,7-10,12H2,1H3,(H,20,22)/t16-,17+/m1/s1. The monoisotopic (exact) mass is 342 g/mol. The van der Waals surface area contributed by atoms with E-state index in [-0.39, 0.29) is 11.8 Å². The van der Waals surface area contributed by atoms with Crippen molar-refractivity contribution in [1.82, 2.24) is 0 Å². The number of hydrogen-bond acceptors (Lipinski definition) is 4. The highest BCUT2D eigenvalue weighted by molar-refractivity contribution is 7.12. The molecule has 1 aromatic carbocycles. The van der Waals surface area contributed by atoms with Crippen molar-refractivity contribution in [2.75, 3.05) is 36.5 Å². The van der Waals surface area contributed by atoms with Crippen LogP contribution in [0.2, 0.25) is 0 Å². The van der Waals surface area contributed by atoms with Gasteiger partial charge in [-0.25, -0.2) is 0 Å². The lowest BCUT2D eigenvalue weighted by Crippen LogP contribution is -2.36. The van der Waals surface area contributed by atoms with Crippen LogP contribution in [0.25, 0.3) is 0 Å². The maximum Gasteiger partial charge on any atom is 0.228 e. The molecular formula is C19H22N2O2S. The van der Waals surface area contributed by atoms with E-state index in [1.807, 2.05) is 23.5 Å². The minimum absolute atomic E-state index is 0.120. The summed E-state index contributed by atoms with van der Waals surface area (Å²) in [7, 11) is 0. The van der Waals surface area contributed by atoms with Crippen LogP contribution >= 0.6 is 11.3 Å². The number of carbonyl (C=O) groups is 1. The van der Waals surface area contributed by atoms with E-state index < -0.39 is 0 Å². The molecule has 24 heavy (non-hydrogen) atoms. The number of aryl methyl sites for hydroxylation is 1. The number of benzene rings is 1. The lowest BCUT2D eigenvalue weighted by molar-refractivity contribution is -0.117. The molecule has 2 atom stereocenters. The Hall–Kier alpha value is -1.85. The molecule has 1 saturated carbocycles. The average molecular weight is 342 g/mol. The van der Waals surface area contributed by atoms with E-state index in [4.69, 9.17) is 4.74 Å². The molecule has 4 nitrogen and oxygen atoms in total. The fourth-order valence-corrected chi connectivity index (χ4v) is 4.34. The van der Waals surface area contributed by atoms with Gasteiger partial charge in [-0.05, 0) is 43.7 Å². The first-order chi connectivity index (χ1) is 11.7. The van der Waals surface area contributed by atoms with Crippen LogP contribution < -0.4 is 10.2 Å². The van der Waals surface area contributed by atoms with E-state index >= 15 is 0 Å². The average Bonchev–Trinajstić information content (AvgIpc) is 3.30. The summed E-state index contributed by atoms with van der Waals surface area (Å²) in [4.78, 5) is 17.5. The molecule has 1 aliphatic carbocycles. The van der Waals surface area contributed by atoms with Crippen LogP contribution in [-0.4, -0.2) is 32.2 Å². The predicted molar refractivity (Wildman–Crippen MR) is 98.0 cm³/mol. The second-order valence-corrected chi connectivity index (χ2v) is 7.86. The molecule has 4 rings (SSSR count). The quantitative estimate of drug-likeness (QED) is 0.922. The van der Waals surface area contributed by atoms with Gasteiger partial charge in [0.2, 0.25) is 5.91 Å². The first-order valence-corrected chi connectivity index (χ1v) is 9.32. The van der Waals surface area contributed by atoms with E-state index in [1.54, 1.807) is 0 Å². The molecule has 2 heterocycles. The highest BCUT2D eigenvalue weighted by atomic mass is 32.1. The summed E-state index contributed by atoms with van der Waals surface area (Å²) in [6.45, 7) is 5.45. The number of rotatable bonds is 4. The van der Waals surface area contributed by atoms with Gasteiger partial charge in [-0.15, -0.1) is 11.3 Å². The van der Waals surface area contributed by atoms with Crippen molar-refractivity contribution in [3.63, 3.8) is 0 Å². The van der Waals surface area contributed by atoms with Crippen molar-refractivity contribution < 1.29 is 9.53 Å². The Kier molecular flexibility index (Phi) is 4.29. The van der Waals surface area contributed by atoms with E-state index in [2.05, 4.69) is 41.4 Å². The van der Waals surface area contributed by atoms with Gasteiger partial charge in [0, 0.05) is 46.1 Å². The van der Waals surface area contributed by atoms with Crippen LogP contribution in [0.3, 0.4) is 0 Å². The molecule has 2 aromatic rings. The molecule has 1 aliphatic heterocycles. The topological polar surface area (TPSA) is 41.6 Å². The molecule has 2 aliphatic rings. The van der Waals surface area contributed by atoms with Gasteiger partial charge in [0.15, 0.2) is 0 Å². The highest BCUT2D eigenvalue weighted by Gasteiger charge is 2.44. The summed E-state index contributed by atoms with van der Waals surface area (Å²) in [6.07, 6.45) is 0.967. The number of nitrogens with zero attached hydrogens (tertiary/aromatic N) is 1. The van der Waals surface area contributed by atoms with E-state index in [9.17, 15) is 4.79 Å². The summed E-state index contributed by atoms with van der Waals surface area (Å²) < 4.78 is 5.40. The van der Waals surface area contributed by atoms with Crippen LogP contribution in [-0.2, 0) is 9.53 Å². The smallest absolute Gasteiger partial charge is 0.228 e.